The molecule has 0 aromatic heterocycles. The van der Waals surface area contributed by atoms with Crippen LogP contribution in [-0.2, 0) is 0 Å². The first-order chi connectivity index (χ1) is 4.72. The Hall–Kier alpha value is -0.120. The van der Waals surface area contributed by atoms with Gasteiger partial charge >= 0.3 is 0 Å². The van der Waals surface area contributed by atoms with Gasteiger partial charge in [-0.2, -0.15) is 0 Å². The van der Waals surface area contributed by atoms with E-state index < -0.39 is 0 Å². The fourth-order valence-electron chi connectivity index (χ4n) is 2.21. The van der Waals surface area contributed by atoms with E-state index in [9.17, 15) is 5.11 Å². The monoisotopic (exact) mass is 142 g/mol. The maximum absolute atomic E-state index is 9.44. The summed E-state index contributed by atoms with van der Waals surface area (Å²) in [5.74, 6) is 0.312. The molecular formula is C7H14N2O. The molecule has 1 aliphatic carbocycles. The molecule has 3 heteroatoms. The molecule has 0 aromatic rings. The molecule has 1 heterocycles. The van der Waals surface area contributed by atoms with Crippen LogP contribution in [0.3, 0.4) is 0 Å². The van der Waals surface area contributed by atoms with Gasteiger partial charge in [-0.25, -0.2) is 0 Å². The number of nitrogens with two attached hydrogens (primary N) is 1. The maximum atomic E-state index is 9.44. The number of aliphatic hydroxyl groups excluding tert-OH is 1. The molecule has 0 aromatic carbocycles. The third-order valence-corrected chi connectivity index (χ3v) is 2.93. The van der Waals surface area contributed by atoms with Gasteiger partial charge in [-0.1, -0.05) is 0 Å². The molecule has 0 amide bonds. The standard InChI is InChI=1S/C7H14N2O/c8-7-2-1-6(10)5(7)3-9-4-7/h5-6,9-10H,1-4,8H2. The van der Waals surface area contributed by atoms with Gasteiger partial charge in [-0.05, 0) is 12.8 Å². The van der Waals surface area contributed by atoms with Gasteiger partial charge in [0.25, 0.3) is 0 Å². The zero-order valence-electron chi connectivity index (χ0n) is 6.01. The van der Waals surface area contributed by atoms with Crippen LogP contribution in [0, 0.1) is 5.92 Å². The highest BCUT2D eigenvalue weighted by atomic mass is 16.3. The number of nitrogens with one attached hydrogen (secondary N) is 1. The lowest BCUT2D eigenvalue weighted by molar-refractivity contribution is 0.127. The first-order valence-corrected chi connectivity index (χ1v) is 3.90. The fraction of sp³-hybridized carbons (Fsp3) is 1.00. The lowest BCUT2D eigenvalue weighted by atomic mass is 9.91. The fourth-order valence-corrected chi connectivity index (χ4v) is 2.21. The zero-order valence-corrected chi connectivity index (χ0v) is 6.01. The highest BCUT2D eigenvalue weighted by Gasteiger charge is 2.48. The molecule has 2 rings (SSSR count). The van der Waals surface area contributed by atoms with E-state index in [0.717, 1.165) is 25.9 Å². The average Bonchev–Trinajstić information content (AvgIpc) is 2.35. The van der Waals surface area contributed by atoms with E-state index in [4.69, 9.17) is 5.73 Å². The minimum absolute atomic E-state index is 0.0839. The van der Waals surface area contributed by atoms with E-state index in [1.807, 2.05) is 0 Å². The normalized spacial score (nSPS) is 53.4. The van der Waals surface area contributed by atoms with Crippen LogP contribution in [-0.4, -0.2) is 29.8 Å². The van der Waals surface area contributed by atoms with Crippen molar-refractivity contribution >= 4 is 0 Å². The Bertz CT molecular complexity index is 151. The molecule has 0 radical (unpaired) electrons. The van der Waals surface area contributed by atoms with Gasteiger partial charge in [-0.15, -0.1) is 0 Å². The summed E-state index contributed by atoms with van der Waals surface area (Å²) in [5, 5.41) is 12.7. The van der Waals surface area contributed by atoms with E-state index in [-0.39, 0.29) is 11.6 Å². The zero-order chi connectivity index (χ0) is 7.19. The van der Waals surface area contributed by atoms with E-state index in [1.54, 1.807) is 0 Å². The van der Waals surface area contributed by atoms with Crippen molar-refractivity contribution in [1.29, 1.82) is 0 Å². The summed E-state index contributed by atoms with van der Waals surface area (Å²) < 4.78 is 0. The number of hydrogen-bond acceptors (Lipinski definition) is 3. The smallest absolute Gasteiger partial charge is 0.0599 e. The summed E-state index contributed by atoms with van der Waals surface area (Å²) in [6.07, 6.45) is 1.72. The van der Waals surface area contributed by atoms with E-state index in [1.165, 1.54) is 0 Å². The second-order valence-corrected chi connectivity index (χ2v) is 3.58. The van der Waals surface area contributed by atoms with Crippen molar-refractivity contribution < 1.29 is 5.11 Å². The Morgan fingerprint density at radius 2 is 2.40 bits per heavy atom. The van der Waals surface area contributed by atoms with Crippen LogP contribution in [0.1, 0.15) is 12.8 Å². The quantitative estimate of drug-likeness (QED) is 0.409. The summed E-state index contributed by atoms with van der Waals surface area (Å²) in [7, 11) is 0. The Labute approximate surface area is 60.6 Å². The first-order valence-electron chi connectivity index (χ1n) is 3.90. The predicted octanol–water partition coefficient (Wildman–Crippen LogP) is -0.942. The molecule has 0 spiro atoms. The summed E-state index contributed by atoms with van der Waals surface area (Å²) in [6, 6.07) is 0. The molecule has 1 saturated heterocycles. The van der Waals surface area contributed by atoms with E-state index in [0.29, 0.717) is 5.92 Å². The Kier molecular flexibility index (Phi) is 1.27. The van der Waals surface area contributed by atoms with Gasteiger partial charge in [0.05, 0.1) is 6.10 Å². The second-order valence-electron chi connectivity index (χ2n) is 3.58. The Morgan fingerprint density at radius 1 is 1.60 bits per heavy atom. The van der Waals surface area contributed by atoms with Crippen LogP contribution in [0.25, 0.3) is 0 Å². The lowest BCUT2D eigenvalue weighted by Gasteiger charge is -2.22. The van der Waals surface area contributed by atoms with Crippen molar-refractivity contribution in [1.82, 2.24) is 5.32 Å². The van der Waals surface area contributed by atoms with Crippen LogP contribution in [0.2, 0.25) is 0 Å². The van der Waals surface area contributed by atoms with Crippen LogP contribution in [0.5, 0.6) is 0 Å². The van der Waals surface area contributed by atoms with Crippen LogP contribution in [0.15, 0.2) is 0 Å². The number of aliphatic hydroxyl groups is 1. The van der Waals surface area contributed by atoms with Crippen molar-refractivity contribution in [2.45, 2.75) is 24.5 Å². The molecule has 0 bridgehead atoms. The van der Waals surface area contributed by atoms with Crippen molar-refractivity contribution in [3.05, 3.63) is 0 Å². The topological polar surface area (TPSA) is 58.3 Å². The van der Waals surface area contributed by atoms with Crippen LogP contribution >= 0.6 is 0 Å². The third-order valence-electron chi connectivity index (χ3n) is 2.93. The summed E-state index contributed by atoms with van der Waals surface area (Å²) in [6.45, 7) is 1.78. The summed E-state index contributed by atoms with van der Waals surface area (Å²) in [4.78, 5) is 0. The average molecular weight is 142 g/mol. The van der Waals surface area contributed by atoms with Gasteiger partial charge in [0.15, 0.2) is 0 Å². The molecular weight excluding hydrogens is 128 g/mol. The van der Waals surface area contributed by atoms with Crippen molar-refractivity contribution in [2.24, 2.45) is 11.7 Å². The Balaban J connectivity index is 2.19. The molecule has 3 unspecified atom stereocenters. The first kappa shape index (κ1) is 6.58. The van der Waals surface area contributed by atoms with Crippen LogP contribution < -0.4 is 11.1 Å². The predicted molar refractivity (Wildman–Crippen MR) is 38.5 cm³/mol. The van der Waals surface area contributed by atoms with E-state index in [2.05, 4.69) is 5.32 Å². The summed E-state index contributed by atoms with van der Waals surface area (Å²) in [5.41, 5.74) is 5.95. The molecule has 3 atom stereocenters. The molecule has 10 heavy (non-hydrogen) atoms. The molecule has 58 valence electrons. The SMILES string of the molecule is NC12CCC(O)C1CNC2. The molecule has 2 fully saturated rings. The molecule has 4 N–H and O–H groups in total. The highest BCUT2D eigenvalue weighted by molar-refractivity contribution is 5.07. The molecule has 2 aliphatic rings. The highest BCUT2D eigenvalue weighted by Crippen LogP contribution is 2.36. The van der Waals surface area contributed by atoms with Gasteiger partial charge in [0.1, 0.15) is 0 Å². The van der Waals surface area contributed by atoms with E-state index >= 15 is 0 Å². The number of rotatable bonds is 0. The van der Waals surface area contributed by atoms with Gasteiger partial charge in [0.2, 0.25) is 0 Å². The minimum atomic E-state index is -0.153. The molecule has 1 saturated carbocycles. The van der Waals surface area contributed by atoms with Crippen molar-refractivity contribution in [3.8, 4) is 0 Å². The maximum Gasteiger partial charge on any atom is 0.0599 e. The third kappa shape index (κ3) is 0.713. The largest absolute Gasteiger partial charge is 0.393 e. The molecule has 1 aliphatic heterocycles. The lowest BCUT2D eigenvalue weighted by Crippen LogP contribution is -2.45. The van der Waals surface area contributed by atoms with Crippen molar-refractivity contribution in [3.63, 3.8) is 0 Å². The van der Waals surface area contributed by atoms with Gasteiger partial charge in [0, 0.05) is 24.5 Å². The van der Waals surface area contributed by atoms with Gasteiger partial charge < -0.3 is 16.2 Å². The second kappa shape index (κ2) is 1.94. The summed E-state index contributed by atoms with van der Waals surface area (Å²) >= 11 is 0. The number of hydrogen-bond donors (Lipinski definition) is 3. The minimum Gasteiger partial charge on any atom is -0.393 e. The molecule has 3 nitrogen and oxygen atoms in total. The Morgan fingerprint density at radius 3 is 3.10 bits per heavy atom. The van der Waals surface area contributed by atoms with Gasteiger partial charge in [-0.3, -0.25) is 0 Å². The van der Waals surface area contributed by atoms with Crippen LogP contribution in [0.4, 0.5) is 0 Å². The van der Waals surface area contributed by atoms with Crippen molar-refractivity contribution in [2.75, 3.05) is 13.1 Å². The number of fused-ring (bicyclic) bond motifs is 1.